The summed E-state index contributed by atoms with van der Waals surface area (Å²) in [7, 11) is 0. The van der Waals surface area contributed by atoms with E-state index in [-0.39, 0.29) is 12.5 Å². The molecule has 6 atom stereocenters. The Hall–Kier alpha value is -2.58. The number of aliphatic hydroxyl groups excluding tert-OH is 2. The van der Waals surface area contributed by atoms with Crippen LogP contribution in [0.4, 0.5) is 0 Å². The molecule has 2 N–H and O–H groups in total. The molecule has 0 spiro atoms. The van der Waals surface area contributed by atoms with Gasteiger partial charge in [-0.25, -0.2) is 0 Å². The van der Waals surface area contributed by atoms with Gasteiger partial charge in [0.05, 0.1) is 32.5 Å². The third kappa shape index (κ3) is 7.71. The Labute approximate surface area is 219 Å². The van der Waals surface area contributed by atoms with Gasteiger partial charge in [-0.05, 0) is 22.6 Å². The van der Waals surface area contributed by atoms with E-state index in [2.05, 4.69) is 0 Å². The van der Waals surface area contributed by atoms with Crippen LogP contribution in [0.3, 0.4) is 0 Å². The molecule has 1 fully saturated rings. The lowest BCUT2D eigenvalue weighted by Crippen LogP contribution is -2.63. The Kier molecular flexibility index (Phi) is 10.3. The molecule has 1 heterocycles. The van der Waals surface area contributed by atoms with Crippen molar-refractivity contribution in [1.82, 2.24) is 0 Å². The quantitative estimate of drug-likeness (QED) is 0.376. The monoisotopic (exact) mass is 506 g/mol. The Balaban J connectivity index is 1.55. The molecular weight excluding hydrogens is 468 g/mol. The second-order valence-corrected chi connectivity index (χ2v) is 9.89. The topological polar surface area (TPSA) is 77.4 Å². The maximum absolute atomic E-state index is 11.4. The van der Waals surface area contributed by atoms with Crippen molar-refractivity contribution in [3.8, 4) is 0 Å². The number of benzene rings is 3. The highest BCUT2D eigenvalue weighted by molar-refractivity contribution is 5.15. The molecule has 1 aliphatic heterocycles. The molecule has 0 bridgehead atoms. The molecule has 0 radical (unpaired) electrons. The van der Waals surface area contributed by atoms with Gasteiger partial charge in [0.15, 0.2) is 0 Å². The van der Waals surface area contributed by atoms with Gasteiger partial charge in [0, 0.05) is 0 Å². The summed E-state index contributed by atoms with van der Waals surface area (Å²) < 4.78 is 25.1. The van der Waals surface area contributed by atoms with Crippen molar-refractivity contribution in [3.05, 3.63) is 108 Å². The lowest BCUT2D eigenvalue weighted by Gasteiger charge is -2.46. The first-order valence-electron chi connectivity index (χ1n) is 13.0. The lowest BCUT2D eigenvalue weighted by molar-refractivity contribution is -0.278. The molecule has 0 aliphatic carbocycles. The van der Waals surface area contributed by atoms with Gasteiger partial charge in [-0.15, -0.1) is 0 Å². The summed E-state index contributed by atoms with van der Waals surface area (Å²) in [6.45, 7) is 5.09. The molecule has 6 nitrogen and oxygen atoms in total. The molecule has 3 aromatic rings. The summed E-state index contributed by atoms with van der Waals surface area (Å²) in [6, 6.07) is 29.6. The van der Waals surface area contributed by atoms with Crippen LogP contribution in [0.15, 0.2) is 91.0 Å². The average molecular weight is 507 g/mol. The molecule has 198 valence electrons. The fraction of sp³-hybridized carbons (Fsp3) is 0.419. The van der Waals surface area contributed by atoms with E-state index in [4.69, 9.17) is 18.9 Å². The summed E-state index contributed by atoms with van der Waals surface area (Å²) in [5.74, 6) is -0.109. The highest BCUT2D eigenvalue weighted by atomic mass is 16.6. The zero-order valence-electron chi connectivity index (χ0n) is 21.6. The molecule has 0 amide bonds. The lowest BCUT2D eigenvalue weighted by atomic mass is 9.88. The minimum Gasteiger partial charge on any atom is -0.390 e. The molecule has 0 saturated carbocycles. The van der Waals surface area contributed by atoms with Gasteiger partial charge < -0.3 is 29.2 Å². The number of hydrogen-bond acceptors (Lipinski definition) is 6. The molecule has 0 aromatic heterocycles. The Morgan fingerprint density at radius 1 is 0.703 bits per heavy atom. The summed E-state index contributed by atoms with van der Waals surface area (Å²) in [6.07, 6.45) is -4.65. The molecule has 37 heavy (non-hydrogen) atoms. The van der Waals surface area contributed by atoms with Gasteiger partial charge in [-0.2, -0.15) is 0 Å². The second kappa shape index (κ2) is 13.8. The van der Waals surface area contributed by atoms with Crippen LogP contribution in [0.5, 0.6) is 0 Å². The predicted octanol–water partition coefficient (Wildman–Crippen LogP) is 4.52. The highest BCUT2D eigenvalue weighted by Crippen LogP contribution is 2.31. The first kappa shape index (κ1) is 27.5. The van der Waals surface area contributed by atoms with Crippen LogP contribution in [0.1, 0.15) is 30.5 Å². The first-order chi connectivity index (χ1) is 18.0. The van der Waals surface area contributed by atoms with Crippen LogP contribution in [0.25, 0.3) is 0 Å². The van der Waals surface area contributed by atoms with E-state index in [9.17, 15) is 10.2 Å². The molecule has 6 heteroatoms. The SMILES string of the molecule is CC(C)[C@@H](O)[C@H]1O[C@H](COCc2ccccc2)[C@H](OCc2ccccc2)[C@H](OCc2ccccc2)[C@H]1O. The van der Waals surface area contributed by atoms with Crippen molar-refractivity contribution in [2.45, 2.75) is 70.3 Å². The molecular formula is C31H38O6. The fourth-order valence-corrected chi connectivity index (χ4v) is 4.54. The third-order valence-electron chi connectivity index (χ3n) is 6.68. The van der Waals surface area contributed by atoms with E-state index in [1.165, 1.54) is 0 Å². The Morgan fingerprint density at radius 3 is 1.65 bits per heavy atom. The van der Waals surface area contributed by atoms with Gasteiger partial charge in [0.2, 0.25) is 0 Å². The van der Waals surface area contributed by atoms with Crippen LogP contribution in [0.2, 0.25) is 0 Å². The minimum atomic E-state index is -1.08. The molecule has 1 aliphatic rings. The van der Waals surface area contributed by atoms with E-state index < -0.39 is 36.6 Å². The third-order valence-corrected chi connectivity index (χ3v) is 6.68. The van der Waals surface area contributed by atoms with Crippen molar-refractivity contribution < 1.29 is 29.2 Å². The predicted molar refractivity (Wildman–Crippen MR) is 142 cm³/mol. The number of rotatable bonds is 12. The van der Waals surface area contributed by atoms with Crippen LogP contribution in [-0.4, -0.2) is 53.4 Å². The van der Waals surface area contributed by atoms with E-state index in [0.717, 1.165) is 16.7 Å². The number of aliphatic hydroxyl groups is 2. The van der Waals surface area contributed by atoms with Gasteiger partial charge in [-0.3, -0.25) is 0 Å². The van der Waals surface area contributed by atoms with Crippen molar-refractivity contribution in [2.24, 2.45) is 5.92 Å². The number of ether oxygens (including phenoxy) is 4. The van der Waals surface area contributed by atoms with Crippen LogP contribution >= 0.6 is 0 Å². The summed E-state index contributed by atoms with van der Waals surface area (Å²) in [5.41, 5.74) is 3.05. The van der Waals surface area contributed by atoms with E-state index >= 15 is 0 Å². The first-order valence-corrected chi connectivity index (χ1v) is 13.0. The summed E-state index contributed by atoms with van der Waals surface area (Å²) in [4.78, 5) is 0. The van der Waals surface area contributed by atoms with Gasteiger partial charge in [0.25, 0.3) is 0 Å². The molecule has 3 aromatic carbocycles. The molecule has 4 rings (SSSR count). The van der Waals surface area contributed by atoms with Crippen LogP contribution < -0.4 is 0 Å². The standard InChI is InChI=1S/C31H38O6/c1-22(2)27(32)30-28(33)31(36-20-25-16-10-5-11-17-25)29(35-19-24-14-8-4-9-15-24)26(37-30)21-34-18-23-12-6-3-7-13-23/h3-17,22,26-33H,18-21H2,1-2H3/t26-,27-,28+,29+,30-,31-/m1/s1. The zero-order chi connectivity index (χ0) is 26.0. The van der Waals surface area contributed by atoms with Gasteiger partial charge >= 0.3 is 0 Å². The van der Waals surface area contributed by atoms with Crippen molar-refractivity contribution in [2.75, 3.05) is 6.61 Å². The summed E-state index contributed by atoms with van der Waals surface area (Å²) in [5, 5.41) is 22.3. The zero-order valence-corrected chi connectivity index (χ0v) is 21.6. The highest BCUT2D eigenvalue weighted by Gasteiger charge is 2.49. The van der Waals surface area contributed by atoms with Gasteiger partial charge in [0.1, 0.15) is 30.5 Å². The van der Waals surface area contributed by atoms with Crippen molar-refractivity contribution >= 4 is 0 Å². The molecule has 1 saturated heterocycles. The van der Waals surface area contributed by atoms with Crippen LogP contribution in [-0.2, 0) is 38.8 Å². The summed E-state index contributed by atoms with van der Waals surface area (Å²) >= 11 is 0. The van der Waals surface area contributed by atoms with E-state index in [1.807, 2.05) is 105 Å². The molecule has 0 unspecified atom stereocenters. The maximum Gasteiger partial charge on any atom is 0.115 e. The smallest absolute Gasteiger partial charge is 0.115 e. The Bertz CT molecular complexity index is 1030. The second-order valence-electron chi connectivity index (χ2n) is 9.89. The Morgan fingerprint density at radius 2 is 1.16 bits per heavy atom. The fourth-order valence-electron chi connectivity index (χ4n) is 4.54. The largest absolute Gasteiger partial charge is 0.390 e. The minimum absolute atomic E-state index is 0.109. The number of hydrogen-bond donors (Lipinski definition) is 2. The van der Waals surface area contributed by atoms with Crippen molar-refractivity contribution in [3.63, 3.8) is 0 Å². The van der Waals surface area contributed by atoms with Crippen molar-refractivity contribution in [1.29, 1.82) is 0 Å². The van der Waals surface area contributed by atoms with Crippen LogP contribution in [0, 0.1) is 5.92 Å². The van der Waals surface area contributed by atoms with E-state index in [1.54, 1.807) is 0 Å². The maximum atomic E-state index is 11.4. The normalized spacial score (nSPS) is 24.7. The van der Waals surface area contributed by atoms with E-state index in [0.29, 0.717) is 19.8 Å². The van der Waals surface area contributed by atoms with Gasteiger partial charge in [-0.1, -0.05) is 105 Å². The average Bonchev–Trinajstić information content (AvgIpc) is 2.93.